The van der Waals surface area contributed by atoms with E-state index in [-0.39, 0.29) is 23.1 Å². The highest BCUT2D eigenvalue weighted by molar-refractivity contribution is 5.82. The predicted molar refractivity (Wildman–Crippen MR) is 101 cm³/mol. The van der Waals surface area contributed by atoms with E-state index in [0.717, 1.165) is 18.2 Å². The SMILES string of the molecule is N#Cc1cnc(N2CCC(C(=O)N3N=CC[C@H]3c3cc(F)ccc3F)CC2)cn1. The number of benzene rings is 1. The summed E-state index contributed by atoms with van der Waals surface area (Å²) < 4.78 is 27.8. The van der Waals surface area contributed by atoms with Gasteiger partial charge in [0.05, 0.1) is 18.4 Å². The number of hydrazone groups is 1. The Labute approximate surface area is 166 Å². The van der Waals surface area contributed by atoms with Crippen molar-refractivity contribution < 1.29 is 13.6 Å². The van der Waals surface area contributed by atoms with E-state index in [2.05, 4.69) is 15.1 Å². The molecule has 0 radical (unpaired) electrons. The van der Waals surface area contributed by atoms with E-state index in [4.69, 9.17) is 5.26 Å². The highest BCUT2D eigenvalue weighted by atomic mass is 19.1. The smallest absolute Gasteiger partial charge is 0.246 e. The quantitative estimate of drug-likeness (QED) is 0.796. The van der Waals surface area contributed by atoms with Crippen molar-refractivity contribution in [2.45, 2.75) is 25.3 Å². The van der Waals surface area contributed by atoms with Crippen molar-refractivity contribution in [1.82, 2.24) is 15.0 Å². The third-order valence-corrected chi connectivity index (χ3v) is 5.29. The summed E-state index contributed by atoms with van der Waals surface area (Å²) in [6.45, 7) is 1.21. The van der Waals surface area contributed by atoms with E-state index in [1.54, 1.807) is 12.4 Å². The minimum Gasteiger partial charge on any atom is -0.355 e. The van der Waals surface area contributed by atoms with Gasteiger partial charge in [-0.15, -0.1) is 0 Å². The second kappa shape index (κ2) is 7.91. The summed E-state index contributed by atoms with van der Waals surface area (Å²) in [7, 11) is 0. The van der Waals surface area contributed by atoms with E-state index >= 15 is 0 Å². The fraction of sp³-hybridized carbons (Fsp3) is 0.350. The van der Waals surface area contributed by atoms with Gasteiger partial charge in [0.15, 0.2) is 5.69 Å². The Morgan fingerprint density at radius 2 is 1.97 bits per heavy atom. The van der Waals surface area contributed by atoms with Crippen LogP contribution in [0.5, 0.6) is 0 Å². The molecule has 9 heteroatoms. The topological polar surface area (TPSA) is 85.5 Å². The number of nitrogens with zero attached hydrogens (tertiary/aromatic N) is 6. The average Bonchev–Trinajstić information content (AvgIpc) is 3.25. The van der Waals surface area contributed by atoms with Crippen LogP contribution in [0.3, 0.4) is 0 Å². The molecule has 1 amide bonds. The molecule has 2 aromatic rings. The van der Waals surface area contributed by atoms with E-state index in [0.29, 0.717) is 38.2 Å². The minimum absolute atomic E-state index is 0.140. The Morgan fingerprint density at radius 1 is 1.17 bits per heavy atom. The standard InChI is InChI=1S/C20H18F2N6O/c21-14-1-2-17(22)16(9-14)18-3-6-26-28(18)20(29)13-4-7-27(8-5-13)19-12-24-15(10-23)11-25-19/h1-2,6,9,11-13,18H,3-5,7-8H2/t18-/m0/s1. The van der Waals surface area contributed by atoms with Gasteiger partial charge in [-0.25, -0.2) is 23.8 Å². The maximum absolute atomic E-state index is 14.2. The van der Waals surface area contributed by atoms with E-state index in [9.17, 15) is 13.6 Å². The number of anilines is 1. The number of carbonyl (C=O) groups excluding carboxylic acids is 1. The van der Waals surface area contributed by atoms with Crippen LogP contribution in [0, 0.1) is 28.9 Å². The van der Waals surface area contributed by atoms with Crippen LogP contribution in [0.1, 0.15) is 36.6 Å². The first-order valence-electron chi connectivity index (χ1n) is 9.34. The van der Waals surface area contributed by atoms with Gasteiger partial charge in [0.2, 0.25) is 5.91 Å². The second-order valence-corrected chi connectivity index (χ2v) is 7.03. The molecule has 1 atom stereocenters. The van der Waals surface area contributed by atoms with Crippen LogP contribution in [0.25, 0.3) is 0 Å². The van der Waals surface area contributed by atoms with Crippen LogP contribution in [-0.2, 0) is 4.79 Å². The van der Waals surface area contributed by atoms with Crippen molar-refractivity contribution >= 4 is 17.9 Å². The largest absolute Gasteiger partial charge is 0.355 e. The van der Waals surface area contributed by atoms with Gasteiger partial charge in [-0.3, -0.25) is 4.79 Å². The number of hydrogen-bond donors (Lipinski definition) is 0. The van der Waals surface area contributed by atoms with Gasteiger partial charge in [-0.2, -0.15) is 10.4 Å². The molecule has 1 fully saturated rings. The van der Waals surface area contributed by atoms with E-state index in [1.165, 1.54) is 11.2 Å². The summed E-state index contributed by atoms with van der Waals surface area (Å²) in [6, 6.07) is 4.56. The first kappa shape index (κ1) is 18.9. The summed E-state index contributed by atoms with van der Waals surface area (Å²) in [5.74, 6) is -0.870. The molecule has 3 heterocycles. The first-order chi connectivity index (χ1) is 14.1. The molecule has 0 saturated carbocycles. The molecule has 1 saturated heterocycles. The number of aromatic nitrogens is 2. The summed E-state index contributed by atoms with van der Waals surface area (Å²) in [5, 5.41) is 14.2. The Kier molecular flexibility index (Phi) is 5.16. The molecule has 0 bridgehead atoms. The van der Waals surface area contributed by atoms with Gasteiger partial charge in [-0.05, 0) is 31.0 Å². The van der Waals surface area contributed by atoms with Crippen LogP contribution in [0.2, 0.25) is 0 Å². The van der Waals surface area contributed by atoms with Crippen molar-refractivity contribution in [3.05, 3.63) is 53.5 Å². The maximum Gasteiger partial charge on any atom is 0.246 e. The fourth-order valence-electron chi connectivity index (χ4n) is 3.74. The monoisotopic (exact) mass is 396 g/mol. The van der Waals surface area contributed by atoms with Crippen molar-refractivity contribution in [1.29, 1.82) is 5.26 Å². The number of halogens is 2. The van der Waals surface area contributed by atoms with E-state index < -0.39 is 17.7 Å². The van der Waals surface area contributed by atoms with Gasteiger partial charge < -0.3 is 4.90 Å². The van der Waals surface area contributed by atoms with Crippen LogP contribution in [-0.4, -0.2) is 40.2 Å². The highest BCUT2D eigenvalue weighted by Crippen LogP contribution is 2.33. The Hall–Kier alpha value is -3.41. The second-order valence-electron chi connectivity index (χ2n) is 7.03. The molecule has 2 aliphatic rings. The molecule has 0 unspecified atom stereocenters. The predicted octanol–water partition coefficient (Wildman–Crippen LogP) is 2.80. The Bertz CT molecular complexity index is 979. The third-order valence-electron chi connectivity index (χ3n) is 5.29. The van der Waals surface area contributed by atoms with Crippen molar-refractivity contribution in [3.8, 4) is 6.07 Å². The maximum atomic E-state index is 14.2. The third kappa shape index (κ3) is 3.78. The summed E-state index contributed by atoms with van der Waals surface area (Å²) in [6.07, 6.45) is 6.06. The van der Waals surface area contributed by atoms with Crippen molar-refractivity contribution in [2.75, 3.05) is 18.0 Å². The molecule has 0 aliphatic carbocycles. The van der Waals surface area contributed by atoms with Gasteiger partial charge in [0, 0.05) is 37.2 Å². The lowest BCUT2D eigenvalue weighted by Crippen LogP contribution is -2.41. The fourth-order valence-corrected chi connectivity index (χ4v) is 3.74. The molecule has 0 spiro atoms. The molecule has 0 N–H and O–H groups in total. The molecule has 148 valence electrons. The highest BCUT2D eigenvalue weighted by Gasteiger charge is 2.36. The summed E-state index contributed by atoms with van der Waals surface area (Å²) in [5.41, 5.74) is 0.391. The van der Waals surface area contributed by atoms with Gasteiger partial charge in [-0.1, -0.05) is 0 Å². The number of amides is 1. The molecule has 4 rings (SSSR count). The lowest BCUT2D eigenvalue weighted by molar-refractivity contribution is -0.138. The number of piperidine rings is 1. The molecular formula is C20H18F2N6O. The number of nitriles is 1. The molecule has 1 aromatic carbocycles. The molecule has 2 aliphatic heterocycles. The lowest BCUT2D eigenvalue weighted by atomic mass is 9.94. The van der Waals surface area contributed by atoms with Gasteiger partial charge in [0.1, 0.15) is 23.5 Å². The van der Waals surface area contributed by atoms with Crippen molar-refractivity contribution in [3.63, 3.8) is 0 Å². The number of hydrogen-bond acceptors (Lipinski definition) is 6. The normalized spacial score (nSPS) is 19.4. The Morgan fingerprint density at radius 3 is 2.66 bits per heavy atom. The van der Waals surface area contributed by atoms with Crippen molar-refractivity contribution in [2.24, 2.45) is 11.0 Å². The zero-order valence-electron chi connectivity index (χ0n) is 15.5. The zero-order valence-corrected chi connectivity index (χ0v) is 15.5. The van der Waals surface area contributed by atoms with Gasteiger partial charge in [0.25, 0.3) is 0 Å². The lowest BCUT2D eigenvalue weighted by Gasteiger charge is -2.34. The minimum atomic E-state index is -0.624. The molecule has 29 heavy (non-hydrogen) atoms. The van der Waals surface area contributed by atoms with Gasteiger partial charge >= 0.3 is 0 Å². The molecule has 1 aromatic heterocycles. The van der Waals surface area contributed by atoms with Crippen LogP contribution < -0.4 is 4.90 Å². The molecule has 7 nitrogen and oxygen atoms in total. The van der Waals surface area contributed by atoms with E-state index in [1.807, 2.05) is 11.0 Å². The Balaban J connectivity index is 1.43. The van der Waals surface area contributed by atoms with Crippen LogP contribution in [0.4, 0.5) is 14.6 Å². The summed E-state index contributed by atoms with van der Waals surface area (Å²) >= 11 is 0. The van der Waals surface area contributed by atoms with Crippen LogP contribution >= 0.6 is 0 Å². The molecular weight excluding hydrogens is 378 g/mol. The average molecular weight is 396 g/mol. The summed E-state index contributed by atoms with van der Waals surface area (Å²) in [4.78, 5) is 23.3. The first-order valence-corrected chi connectivity index (χ1v) is 9.34. The number of carbonyl (C=O) groups is 1. The zero-order chi connectivity index (χ0) is 20.4. The number of rotatable bonds is 3. The van der Waals surface area contributed by atoms with Crippen LogP contribution in [0.15, 0.2) is 35.7 Å².